The number of phenolic OH excluding ortho intramolecular Hbond substituents is 1. The Morgan fingerprint density at radius 1 is 1.11 bits per heavy atom. The van der Waals surface area contributed by atoms with Gasteiger partial charge in [0.2, 0.25) is 0 Å². The van der Waals surface area contributed by atoms with E-state index in [2.05, 4.69) is 41.8 Å². The molecule has 1 aliphatic rings. The van der Waals surface area contributed by atoms with Gasteiger partial charge in [-0.05, 0) is 62.0 Å². The summed E-state index contributed by atoms with van der Waals surface area (Å²) in [4.78, 5) is 6.57. The van der Waals surface area contributed by atoms with Crippen molar-refractivity contribution >= 4 is 23.0 Å². The van der Waals surface area contributed by atoms with Crippen LogP contribution in [-0.2, 0) is 7.05 Å². The molecule has 0 saturated carbocycles. The summed E-state index contributed by atoms with van der Waals surface area (Å²) < 4.78 is 2.18. The molecule has 0 aliphatic carbocycles. The minimum atomic E-state index is -0.112. The van der Waals surface area contributed by atoms with E-state index >= 15 is 0 Å². The molecule has 1 saturated heterocycles. The van der Waals surface area contributed by atoms with Gasteiger partial charge in [-0.1, -0.05) is 18.2 Å². The van der Waals surface area contributed by atoms with Crippen molar-refractivity contribution in [1.82, 2.24) is 14.9 Å². The van der Waals surface area contributed by atoms with Gasteiger partial charge in [0.15, 0.2) is 5.11 Å². The van der Waals surface area contributed by atoms with E-state index in [0.717, 1.165) is 5.69 Å². The molecule has 0 bridgehead atoms. The van der Waals surface area contributed by atoms with Crippen molar-refractivity contribution in [3.8, 4) is 5.75 Å². The van der Waals surface area contributed by atoms with Crippen molar-refractivity contribution in [3.63, 3.8) is 0 Å². The Balaban J connectivity index is 1.91. The van der Waals surface area contributed by atoms with Gasteiger partial charge in [0.25, 0.3) is 0 Å². The van der Waals surface area contributed by atoms with Crippen LogP contribution in [0.3, 0.4) is 0 Å². The zero-order valence-electron chi connectivity index (χ0n) is 15.5. The fourth-order valence-corrected chi connectivity index (χ4v) is 4.12. The lowest BCUT2D eigenvalue weighted by atomic mass is 9.96. The first-order valence-electron chi connectivity index (χ1n) is 8.90. The zero-order chi connectivity index (χ0) is 19.1. The smallest absolute Gasteiger partial charge is 0.174 e. The summed E-state index contributed by atoms with van der Waals surface area (Å²) in [5.41, 5.74) is 5.13. The van der Waals surface area contributed by atoms with E-state index in [4.69, 9.17) is 12.2 Å². The molecule has 4 rings (SSSR count). The number of aryl methyl sites for hydroxylation is 1. The predicted octanol–water partition coefficient (Wildman–Crippen LogP) is 3.92. The number of hydrogen-bond donors (Lipinski definition) is 2. The molecule has 5 nitrogen and oxygen atoms in total. The largest absolute Gasteiger partial charge is 0.506 e. The Bertz CT molecular complexity index is 999. The Labute approximate surface area is 164 Å². The monoisotopic (exact) mass is 378 g/mol. The molecule has 6 heteroatoms. The lowest BCUT2D eigenvalue weighted by Crippen LogP contribution is -2.29. The molecule has 0 amide bonds. The lowest BCUT2D eigenvalue weighted by Gasteiger charge is -2.28. The number of anilines is 1. The van der Waals surface area contributed by atoms with Crippen LogP contribution in [0.2, 0.25) is 0 Å². The second-order valence-electron chi connectivity index (χ2n) is 6.87. The SMILES string of the molecule is Cc1cc([C@H]2[C@H](c3ccccn3)NC(=S)N2c2ccccc2O)c(C)n1C. The van der Waals surface area contributed by atoms with Crippen LogP contribution in [0.5, 0.6) is 5.75 Å². The molecule has 1 aromatic carbocycles. The fraction of sp³-hybridized carbons (Fsp3) is 0.238. The second-order valence-corrected chi connectivity index (χ2v) is 7.26. The molecular weight excluding hydrogens is 356 g/mol. The van der Waals surface area contributed by atoms with Crippen LogP contribution in [0.25, 0.3) is 0 Å². The van der Waals surface area contributed by atoms with E-state index in [-0.39, 0.29) is 17.8 Å². The average molecular weight is 379 g/mol. The molecule has 0 spiro atoms. The van der Waals surface area contributed by atoms with Crippen molar-refractivity contribution in [3.05, 3.63) is 77.4 Å². The molecule has 27 heavy (non-hydrogen) atoms. The zero-order valence-corrected chi connectivity index (χ0v) is 16.4. The topological polar surface area (TPSA) is 53.3 Å². The Morgan fingerprint density at radius 3 is 2.48 bits per heavy atom. The molecular formula is C21H22N4OS. The standard InChI is InChI=1S/C21H22N4OS/c1-13-12-15(14(2)24(13)3)20-19(16-8-6-7-11-22-16)23-21(27)25(20)17-9-4-5-10-18(17)26/h4-12,19-20,26H,1-3H3,(H,23,27)/t19-,20-/m0/s1. The summed E-state index contributed by atoms with van der Waals surface area (Å²) in [5.74, 6) is 0.207. The fourth-order valence-electron chi connectivity index (χ4n) is 3.78. The first-order valence-corrected chi connectivity index (χ1v) is 9.31. The van der Waals surface area contributed by atoms with Crippen LogP contribution in [-0.4, -0.2) is 19.8 Å². The number of phenols is 1. The normalized spacial score (nSPS) is 19.4. The third-order valence-electron chi connectivity index (χ3n) is 5.37. The highest BCUT2D eigenvalue weighted by molar-refractivity contribution is 7.80. The second kappa shape index (κ2) is 6.70. The predicted molar refractivity (Wildman–Crippen MR) is 111 cm³/mol. The van der Waals surface area contributed by atoms with Crippen molar-refractivity contribution in [2.24, 2.45) is 7.05 Å². The average Bonchev–Trinajstić information content (AvgIpc) is 3.14. The molecule has 0 radical (unpaired) electrons. The van der Waals surface area contributed by atoms with Gasteiger partial charge < -0.3 is 19.9 Å². The quantitative estimate of drug-likeness (QED) is 0.677. The van der Waals surface area contributed by atoms with Crippen molar-refractivity contribution in [1.29, 1.82) is 0 Å². The number of nitrogens with one attached hydrogen (secondary N) is 1. The third kappa shape index (κ3) is 2.86. The summed E-state index contributed by atoms with van der Waals surface area (Å²) in [7, 11) is 2.06. The number of para-hydroxylation sites is 2. The van der Waals surface area contributed by atoms with E-state index in [9.17, 15) is 5.11 Å². The van der Waals surface area contributed by atoms with Gasteiger partial charge in [-0.25, -0.2) is 0 Å². The van der Waals surface area contributed by atoms with Crippen molar-refractivity contribution in [2.45, 2.75) is 25.9 Å². The minimum Gasteiger partial charge on any atom is -0.506 e. The molecule has 1 aliphatic heterocycles. The molecule has 1 fully saturated rings. The van der Waals surface area contributed by atoms with E-state index < -0.39 is 0 Å². The van der Waals surface area contributed by atoms with Crippen molar-refractivity contribution < 1.29 is 5.11 Å². The number of aromatic hydroxyl groups is 1. The summed E-state index contributed by atoms with van der Waals surface area (Å²) in [6.07, 6.45) is 1.79. The third-order valence-corrected chi connectivity index (χ3v) is 5.69. The molecule has 2 aromatic heterocycles. The molecule has 138 valence electrons. The van der Waals surface area contributed by atoms with Crippen LogP contribution >= 0.6 is 12.2 Å². The number of thiocarbonyl (C=S) groups is 1. The van der Waals surface area contributed by atoms with E-state index in [1.54, 1.807) is 12.3 Å². The number of pyridine rings is 1. The number of nitrogens with zero attached hydrogens (tertiary/aromatic N) is 3. The molecule has 2 N–H and O–H groups in total. The van der Waals surface area contributed by atoms with Gasteiger partial charge >= 0.3 is 0 Å². The van der Waals surface area contributed by atoms with Crippen LogP contribution < -0.4 is 10.2 Å². The highest BCUT2D eigenvalue weighted by Gasteiger charge is 2.42. The summed E-state index contributed by atoms with van der Waals surface area (Å²) >= 11 is 5.69. The number of aromatic nitrogens is 2. The van der Waals surface area contributed by atoms with Gasteiger partial charge in [0, 0.05) is 24.6 Å². The highest BCUT2D eigenvalue weighted by Crippen LogP contribution is 2.45. The molecule has 2 atom stereocenters. The number of benzene rings is 1. The van der Waals surface area contributed by atoms with E-state index in [0.29, 0.717) is 10.8 Å². The maximum atomic E-state index is 10.5. The first kappa shape index (κ1) is 17.5. The maximum absolute atomic E-state index is 10.5. The number of rotatable bonds is 3. The van der Waals surface area contributed by atoms with E-state index in [1.807, 2.05) is 41.3 Å². The van der Waals surface area contributed by atoms with Gasteiger partial charge in [0.05, 0.1) is 23.5 Å². The van der Waals surface area contributed by atoms with Gasteiger partial charge in [0.1, 0.15) is 5.75 Å². The van der Waals surface area contributed by atoms with Crippen molar-refractivity contribution in [2.75, 3.05) is 4.90 Å². The van der Waals surface area contributed by atoms with Gasteiger partial charge in [-0.15, -0.1) is 0 Å². The minimum absolute atomic E-state index is 0.111. The van der Waals surface area contributed by atoms with Gasteiger partial charge in [-0.3, -0.25) is 4.98 Å². The lowest BCUT2D eigenvalue weighted by molar-refractivity contribution is 0.472. The van der Waals surface area contributed by atoms with Crippen LogP contribution in [0.15, 0.2) is 54.7 Å². The maximum Gasteiger partial charge on any atom is 0.174 e. The number of hydrogen-bond acceptors (Lipinski definition) is 3. The van der Waals surface area contributed by atoms with Gasteiger partial charge in [-0.2, -0.15) is 0 Å². The highest BCUT2D eigenvalue weighted by atomic mass is 32.1. The summed E-state index contributed by atoms with van der Waals surface area (Å²) in [6, 6.07) is 15.2. The Hall–Kier alpha value is -2.86. The Kier molecular flexibility index (Phi) is 4.36. The van der Waals surface area contributed by atoms with Crippen LogP contribution in [0.1, 0.15) is 34.7 Å². The molecule has 0 unspecified atom stereocenters. The summed E-state index contributed by atoms with van der Waals surface area (Å²) in [6.45, 7) is 4.21. The molecule has 3 aromatic rings. The Morgan fingerprint density at radius 2 is 1.85 bits per heavy atom. The van der Waals surface area contributed by atoms with E-state index in [1.165, 1.54) is 17.0 Å². The van der Waals surface area contributed by atoms with Crippen LogP contribution in [0.4, 0.5) is 5.69 Å². The first-order chi connectivity index (χ1) is 13.0. The molecule has 3 heterocycles. The summed E-state index contributed by atoms with van der Waals surface area (Å²) in [5, 5.41) is 14.5. The van der Waals surface area contributed by atoms with Crippen LogP contribution in [0, 0.1) is 13.8 Å².